The van der Waals surface area contributed by atoms with Crippen molar-refractivity contribution in [3.8, 4) is 12.3 Å². The molecule has 64 valence electrons. The number of esters is 1. The zero-order chi connectivity index (χ0) is 9.40. The van der Waals surface area contributed by atoms with Gasteiger partial charge in [-0.3, -0.25) is 4.79 Å². The minimum atomic E-state index is -1.26. The molecular weight excluding hydrogens is 160 g/mol. The van der Waals surface area contributed by atoms with Crippen LogP contribution in [0.25, 0.3) is 0 Å². The van der Waals surface area contributed by atoms with Crippen molar-refractivity contribution in [1.29, 1.82) is 0 Å². The predicted molar refractivity (Wildman–Crippen MR) is 40.9 cm³/mol. The Morgan fingerprint density at radius 2 is 2.42 bits per heavy atom. The number of terminal acetylenes is 1. The van der Waals surface area contributed by atoms with E-state index in [0.29, 0.717) is 0 Å². The Morgan fingerprint density at radius 1 is 1.75 bits per heavy atom. The molecule has 0 aromatic rings. The highest BCUT2D eigenvalue weighted by Crippen LogP contribution is 1.92. The molecule has 0 aliphatic carbocycles. The van der Waals surface area contributed by atoms with Crippen molar-refractivity contribution in [2.24, 2.45) is 0 Å². The molecule has 0 saturated carbocycles. The summed E-state index contributed by atoms with van der Waals surface area (Å²) in [4.78, 5) is 20.6. The lowest BCUT2D eigenvalue weighted by Gasteiger charge is -2.06. The van der Waals surface area contributed by atoms with Crippen LogP contribution in [0, 0.1) is 12.3 Å². The zero-order valence-corrected chi connectivity index (χ0v) is 6.36. The van der Waals surface area contributed by atoms with Gasteiger partial charge in [-0.25, -0.2) is 4.79 Å². The summed E-state index contributed by atoms with van der Waals surface area (Å²) < 4.78 is 8.74. The van der Waals surface area contributed by atoms with E-state index < -0.39 is 12.1 Å². The van der Waals surface area contributed by atoms with Gasteiger partial charge in [-0.2, -0.15) is 0 Å². The van der Waals surface area contributed by atoms with Gasteiger partial charge >= 0.3 is 5.97 Å². The summed E-state index contributed by atoms with van der Waals surface area (Å²) in [5, 5.41) is 0. The van der Waals surface area contributed by atoms with Crippen molar-refractivity contribution in [2.75, 3.05) is 6.61 Å². The van der Waals surface area contributed by atoms with Gasteiger partial charge in [-0.15, -0.1) is 6.42 Å². The Hall–Kier alpha value is -1.76. The number of ether oxygens (including phenoxy) is 2. The van der Waals surface area contributed by atoms with Crippen LogP contribution in [-0.4, -0.2) is 25.2 Å². The molecule has 0 aromatic heterocycles. The number of hydrogen-bond acceptors (Lipinski definition) is 4. The van der Waals surface area contributed by atoms with E-state index in [1.54, 1.807) is 0 Å². The highest BCUT2D eigenvalue weighted by Gasteiger charge is 2.17. The second-order valence-electron chi connectivity index (χ2n) is 1.70. The van der Waals surface area contributed by atoms with Gasteiger partial charge in [0.05, 0.1) is 0 Å². The first kappa shape index (κ1) is 10.2. The van der Waals surface area contributed by atoms with Crippen molar-refractivity contribution in [3.05, 3.63) is 12.7 Å². The van der Waals surface area contributed by atoms with E-state index >= 15 is 0 Å². The molecule has 0 rings (SSSR count). The fourth-order valence-electron chi connectivity index (χ4n) is 0.435. The maximum atomic E-state index is 10.8. The van der Waals surface area contributed by atoms with E-state index in [4.69, 9.17) is 6.42 Å². The minimum Gasteiger partial charge on any atom is -0.458 e. The Morgan fingerprint density at radius 3 is 2.83 bits per heavy atom. The average Bonchev–Trinajstić information content (AvgIpc) is 2.10. The number of hydrogen-bond donors (Lipinski definition) is 0. The molecule has 0 spiro atoms. The molecule has 0 fully saturated rings. The molecule has 0 aliphatic rings. The van der Waals surface area contributed by atoms with Gasteiger partial charge in [-0.05, 0) is 0 Å². The molecule has 1 unspecified atom stereocenters. The van der Waals surface area contributed by atoms with Crippen molar-refractivity contribution in [1.82, 2.24) is 0 Å². The van der Waals surface area contributed by atoms with E-state index in [1.807, 2.05) is 5.92 Å². The first-order valence-corrected chi connectivity index (χ1v) is 3.09. The number of rotatable bonds is 5. The van der Waals surface area contributed by atoms with Gasteiger partial charge in [0.25, 0.3) is 12.6 Å². The van der Waals surface area contributed by atoms with Crippen LogP contribution in [0.4, 0.5) is 0 Å². The smallest absolute Gasteiger partial charge is 0.360 e. The molecule has 0 amide bonds. The summed E-state index contributed by atoms with van der Waals surface area (Å²) in [5.74, 6) is 1.18. The molecule has 12 heavy (non-hydrogen) atoms. The first-order chi connectivity index (χ1) is 5.76. The second-order valence-corrected chi connectivity index (χ2v) is 1.70. The van der Waals surface area contributed by atoms with Crippen LogP contribution in [0.3, 0.4) is 0 Å². The molecule has 0 aromatic carbocycles. The lowest BCUT2D eigenvalue weighted by atomic mass is 10.4. The summed E-state index contributed by atoms with van der Waals surface area (Å²) in [6.45, 7) is 3.46. The average molecular weight is 168 g/mol. The van der Waals surface area contributed by atoms with Crippen LogP contribution >= 0.6 is 0 Å². The Labute approximate surface area is 70.2 Å². The summed E-state index contributed by atoms with van der Waals surface area (Å²) in [6.07, 6.45) is 4.99. The molecule has 0 aliphatic heterocycles. The molecule has 0 N–H and O–H groups in total. The van der Waals surface area contributed by atoms with E-state index in [1.165, 1.54) is 6.08 Å². The Bertz CT molecular complexity index is 214. The van der Waals surface area contributed by atoms with Crippen LogP contribution < -0.4 is 0 Å². The third-order valence-electron chi connectivity index (χ3n) is 0.901. The summed E-state index contributed by atoms with van der Waals surface area (Å²) in [7, 11) is 0. The maximum Gasteiger partial charge on any atom is 0.360 e. The van der Waals surface area contributed by atoms with E-state index in [9.17, 15) is 9.59 Å². The summed E-state index contributed by atoms with van der Waals surface area (Å²) >= 11 is 0. The molecule has 0 saturated heterocycles. The van der Waals surface area contributed by atoms with E-state index in [0.717, 1.165) is 0 Å². The van der Waals surface area contributed by atoms with E-state index in [-0.39, 0.29) is 13.1 Å². The third kappa shape index (κ3) is 3.42. The largest absolute Gasteiger partial charge is 0.458 e. The predicted octanol–water partition coefficient (Wildman–Crippen LogP) is -0.110. The van der Waals surface area contributed by atoms with Gasteiger partial charge in [0, 0.05) is 0 Å². The highest BCUT2D eigenvalue weighted by atomic mass is 16.6. The fourth-order valence-corrected chi connectivity index (χ4v) is 0.435. The lowest BCUT2D eigenvalue weighted by Crippen LogP contribution is -2.24. The van der Waals surface area contributed by atoms with Gasteiger partial charge in [0.15, 0.2) is 0 Å². The summed E-state index contributed by atoms with van der Waals surface area (Å²) in [5.41, 5.74) is 0. The molecule has 0 radical (unpaired) electrons. The van der Waals surface area contributed by atoms with E-state index in [2.05, 4.69) is 16.1 Å². The van der Waals surface area contributed by atoms with Gasteiger partial charge in [-0.1, -0.05) is 18.6 Å². The quantitative estimate of drug-likeness (QED) is 0.249. The lowest BCUT2D eigenvalue weighted by molar-refractivity contribution is -0.156. The number of carbonyl (C=O) groups excluding carboxylic acids is 2. The van der Waals surface area contributed by atoms with Crippen LogP contribution in [-0.2, 0) is 19.1 Å². The van der Waals surface area contributed by atoms with Gasteiger partial charge in [0.1, 0.15) is 6.61 Å². The topological polar surface area (TPSA) is 52.6 Å². The molecule has 0 bridgehead atoms. The molecule has 1 atom stereocenters. The van der Waals surface area contributed by atoms with Gasteiger partial charge < -0.3 is 9.47 Å². The van der Waals surface area contributed by atoms with Crippen molar-refractivity contribution < 1.29 is 19.1 Å². The Kier molecular flexibility index (Phi) is 5.11. The highest BCUT2D eigenvalue weighted by molar-refractivity contribution is 5.79. The SMILES string of the molecule is C#CC(OC=O)C(=O)OCC=C. The monoisotopic (exact) mass is 168 g/mol. The zero-order valence-electron chi connectivity index (χ0n) is 6.36. The van der Waals surface area contributed by atoms with Crippen molar-refractivity contribution in [2.45, 2.75) is 6.10 Å². The maximum absolute atomic E-state index is 10.8. The van der Waals surface area contributed by atoms with Crippen LogP contribution in [0.2, 0.25) is 0 Å². The van der Waals surface area contributed by atoms with Crippen LogP contribution in [0.1, 0.15) is 0 Å². The minimum absolute atomic E-state index is 0.0409. The standard InChI is InChI=1S/C8H8O4/c1-3-5-11-8(10)7(4-2)12-6-9/h2-3,6-7H,1,5H2. The second kappa shape index (κ2) is 5.98. The first-order valence-electron chi connectivity index (χ1n) is 3.09. The molecule has 4 nitrogen and oxygen atoms in total. The molecule has 0 heterocycles. The molecular formula is C8H8O4. The number of carbonyl (C=O) groups is 2. The van der Waals surface area contributed by atoms with Gasteiger partial charge in [0.2, 0.25) is 0 Å². The van der Waals surface area contributed by atoms with Crippen molar-refractivity contribution in [3.63, 3.8) is 0 Å². The summed E-state index contributed by atoms with van der Waals surface area (Å²) in [6, 6.07) is 0. The van der Waals surface area contributed by atoms with Crippen molar-refractivity contribution >= 4 is 12.4 Å². The fraction of sp³-hybridized carbons (Fsp3) is 0.250. The molecule has 4 heteroatoms. The Balaban J connectivity index is 3.95. The third-order valence-corrected chi connectivity index (χ3v) is 0.901. The normalized spacial score (nSPS) is 10.6. The van der Waals surface area contributed by atoms with Crippen LogP contribution in [0.5, 0.6) is 0 Å². The van der Waals surface area contributed by atoms with Crippen LogP contribution in [0.15, 0.2) is 12.7 Å².